The molecule has 29 heavy (non-hydrogen) atoms. The molecule has 0 unspecified atom stereocenters. The lowest BCUT2D eigenvalue weighted by Crippen LogP contribution is -2.65. The van der Waals surface area contributed by atoms with Crippen LogP contribution in [0.5, 0.6) is 0 Å². The normalized spacial score (nSPS) is 24.4. The zero-order chi connectivity index (χ0) is 22.0. The van der Waals surface area contributed by atoms with Crippen molar-refractivity contribution in [2.24, 2.45) is 0 Å². The van der Waals surface area contributed by atoms with Gasteiger partial charge in [-0.15, -0.1) is 0 Å². The van der Waals surface area contributed by atoms with Crippen LogP contribution in [0, 0.1) is 0 Å². The predicted octanol–water partition coefficient (Wildman–Crippen LogP) is 1.61. The Labute approximate surface area is 172 Å². The maximum atomic E-state index is 11.8. The first-order valence-electron chi connectivity index (χ1n) is 10.0. The van der Waals surface area contributed by atoms with E-state index in [2.05, 4.69) is 6.92 Å². The maximum absolute atomic E-state index is 11.8. The largest absolute Gasteiger partial charge is 0.464 e. The van der Waals surface area contributed by atoms with Crippen molar-refractivity contribution in [3.05, 3.63) is 0 Å². The predicted molar refractivity (Wildman–Crippen MR) is 103 cm³/mol. The first-order valence-corrected chi connectivity index (χ1v) is 10.0. The molecule has 0 amide bonds. The minimum atomic E-state index is -0.993. The van der Waals surface area contributed by atoms with Crippen LogP contribution >= 0.6 is 0 Å². The van der Waals surface area contributed by atoms with Crippen LogP contribution in [0.1, 0.15) is 60.3 Å². The quantitative estimate of drug-likeness (QED) is 0.299. The Hall–Kier alpha value is -2.16. The molecule has 0 aromatic heterocycles. The highest BCUT2D eigenvalue weighted by Crippen LogP contribution is 2.27. The van der Waals surface area contributed by atoms with E-state index >= 15 is 0 Å². The van der Waals surface area contributed by atoms with E-state index in [1.807, 2.05) is 4.90 Å². The molecule has 0 N–H and O–H groups in total. The molecule has 0 saturated carbocycles. The fraction of sp³-hybridized carbons (Fsp3) is 0.800. The zero-order valence-electron chi connectivity index (χ0n) is 18.0. The van der Waals surface area contributed by atoms with Gasteiger partial charge in [-0.1, -0.05) is 26.2 Å². The summed E-state index contributed by atoms with van der Waals surface area (Å²) in [5, 5.41) is 0. The molecule has 9 heteroatoms. The first kappa shape index (κ1) is 24.9. The van der Waals surface area contributed by atoms with Crippen LogP contribution in [-0.2, 0) is 38.1 Å². The standard InChI is InChI=1S/C20H33NO8/c1-6-7-8-9-10-21-11-18(27-14(3)23)20(29-16(5)25)19(28-15(4)24)17(21)12-26-13(2)22/h17-20H,6-12H2,1-5H3/t17-,18+,19-,20-/m1/s1. The number of carbonyl (C=O) groups excluding carboxylic acids is 4. The number of unbranched alkanes of at least 4 members (excludes halogenated alkanes) is 3. The minimum Gasteiger partial charge on any atom is -0.464 e. The van der Waals surface area contributed by atoms with Gasteiger partial charge in [0, 0.05) is 34.2 Å². The van der Waals surface area contributed by atoms with E-state index in [9.17, 15) is 19.2 Å². The summed E-state index contributed by atoms with van der Waals surface area (Å²) in [6.45, 7) is 8.01. The SMILES string of the molecule is CCCCCCN1C[C@H](OC(C)=O)[C@@H](OC(C)=O)[C@H](OC(C)=O)[C@H]1COC(C)=O. The fourth-order valence-electron chi connectivity index (χ4n) is 3.50. The lowest BCUT2D eigenvalue weighted by Gasteiger charge is -2.46. The van der Waals surface area contributed by atoms with E-state index in [-0.39, 0.29) is 13.2 Å². The summed E-state index contributed by atoms with van der Waals surface area (Å²) in [4.78, 5) is 48.4. The molecule has 0 bridgehead atoms. The highest BCUT2D eigenvalue weighted by molar-refractivity contribution is 5.68. The van der Waals surface area contributed by atoms with Gasteiger partial charge in [-0.25, -0.2) is 0 Å². The molecule has 9 nitrogen and oxygen atoms in total. The van der Waals surface area contributed by atoms with Gasteiger partial charge in [0.15, 0.2) is 18.3 Å². The summed E-state index contributed by atoms with van der Waals surface area (Å²) in [5.74, 6) is -2.16. The van der Waals surface area contributed by atoms with Gasteiger partial charge >= 0.3 is 23.9 Å². The summed E-state index contributed by atoms with van der Waals surface area (Å²) < 4.78 is 21.5. The molecule has 0 radical (unpaired) electrons. The third kappa shape index (κ3) is 8.81. The number of rotatable bonds is 10. The summed E-state index contributed by atoms with van der Waals surface area (Å²) >= 11 is 0. The number of carbonyl (C=O) groups is 4. The lowest BCUT2D eigenvalue weighted by atomic mass is 9.92. The topological polar surface area (TPSA) is 108 Å². The summed E-state index contributed by atoms with van der Waals surface area (Å²) in [6, 6.07) is -0.527. The molecule has 1 heterocycles. The van der Waals surface area contributed by atoms with Crippen molar-refractivity contribution in [3.8, 4) is 0 Å². The van der Waals surface area contributed by atoms with Crippen LogP contribution in [-0.4, -0.2) is 72.8 Å². The van der Waals surface area contributed by atoms with E-state index in [0.29, 0.717) is 6.54 Å². The number of hydrogen-bond donors (Lipinski definition) is 0. The van der Waals surface area contributed by atoms with E-state index in [4.69, 9.17) is 18.9 Å². The molecule has 1 saturated heterocycles. The van der Waals surface area contributed by atoms with Gasteiger partial charge in [-0.2, -0.15) is 0 Å². The Bertz CT molecular complexity index is 579. The lowest BCUT2D eigenvalue weighted by molar-refractivity contribution is -0.207. The molecule has 0 aromatic carbocycles. The third-order valence-corrected chi connectivity index (χ3v) is 4.63. The van der Waals surface area contributed by atoms with Gasteiger partial charge in [0.2, 0.25) is 0 Å². The molecule has 4 atom stereocenters. The van der Waals surface area contributed by atoms with Crippen LogP contribution in [0.3, 0.4) is 0 Å². The molecule has 1 fully saturated rings. The second kappa shape index (κ2) is 12.4. The van der Waals surface area contributed by atoms with Gasteiger partial charge in [-0.3, -0.25) is 24.1 Å². The van der Waals surface area contributed by atoms with Gasteiger partial charge in [0.1, 0.15) is 6.61 Å². The Morgan fingerprint density at radius 1 is 0.793 bits per heavy atom. The van der Waals surface area contributed by atoms with E-state index in [0.717, 1.165) is 25.7 Å². The van der Waals surface area contributed by atoms with Crippen LogP contribution in [0.15, 0.2) is 0 Å². The van der Waals surface area contributed by atoms with Crippen molar-refractivity contribution in [2.75, 3.05) is 19.7 Å². The summed E-state index contributed by atoms with van der Waals surface area (Å²) in [6.07, 6.45) is 1.31. The molecule has 0 aliphatic carbocycles. The number of piperidine rings is 1. The van der Waals surface area contributed by atoms with Crippen molar-refractivity contribution in [3.63, 3.8) is 0 Å². The average Bonchev–Trinajstić information content (AvgIpc) is 2.59. The molecule has 0 spiro atoms. The Kier molecular flexibility index (Phi) is 10.6. The third-order valence-electron chi connectivity index (χ3n) is 4.63. The first-order chi connectivity index (χ1) is 13.6. The van der Waals surface area contributed by atoms with Crippen molar-refractivity contribution in [1.29, 1.82) is 0 Å². The zero-order valence-corrected chi connectivity index (χ0v) is 18.0. The monoisotopic (exact) mass is 415 g/mol. The maximum Gasteiger partial charge on any atom is 0.303 e. The summed E-state index contributed by atoms with van der Waals surface area (Å²) in [7, 11) is 0. The average molecular weight is 415 g/mol. The molecular formula is C20H33NO8. The molecular weight excluding hydrogens is 382 g/mol. The second-order valence-corrected chi connectivity index (χ2v) is 7.22. The van der Waals surface area contributed by atoms with Crippen LogP contribution in [0.4, 0.5) is 0 Å². The van der Waals surface area contributed by atoms with E-state index in [1.54, 1.807) is 0 Å². The van der Waals surface area contributed by atoms with Gasteiger partial charge < -0.3 is 18.9 Å². The van der Waals surface area contributed by atoms with Crippen molar-refractivity contribution in [1.82, 2.24) is 4.90 Å². The smallest absolute Gasteiger partial charge is 0.303 e. The van der Waals surface area contributed by atoms with Crippen molar-refractivity contribution in [2.45, 2.75) is 84.7 Å². The number of nitrogens with zero attached hydrogens (tertiary/aromatic N) is 1. The molecule has 166 valence electrons. The van der Waals surface area contributed by atoms with Gasteiger partial charge in [-0.05, 0) is 13.0 Å². The Morgan fingerprint density at radius 2 is 1.38 bits per heavy atom. The van der Waals surface area contributed by atoms with Gasteiger partial charge in [0.25, 0.3) is 0 Å². The molecule has 1 aliphatic heterocycles. The van der Waals surface area contributed by atoms with E-state index in [1.165, 1.54) is 27.7 Å². The fourth-order valence-corrected chi connectivity index (χ4v) is 3.50. The Balaban J connectivity index is 3.18. The summed E-state index contributed by atoms with van der Waals surface area (Å²) in [5.41, 5.74) is 0. The number of hydrogen-bond acceptors (Lipinski definition) is 9. The number of likely N-dealkylation sites (tertiary alicyclic amines) is 1. The highest BCUT2D eigenvalue weighted by atomic mass is 16.6. The Morgan fingerprint density at radius 3 is 1.90 bits per heavy atom. The van der Waals surface area contributed by atoms with Crippen LogP contribution in [0.2, 0.25) is 0 Å². The second-order valence-electron chi connectivity index (χ2n) is 7.22. The highest BCUT2D eigenvalue weighted by Gasteiger charge is 2.49. The van der Waals surface area contributed by atoms with E-state index < -0.39 is 48.2 Å². The molecule has 1 rings (SSSR count). The van der Waals surface area contributed by atoms with Crippen LogP contribution in [0.25, 0.3) is 0 Å². The molecule has 0 aromatic rings. The van der Waals surface area contributed by atoms with Crippen molar-refractivity contribution >= 4 is 23.9 Å². The molecule has 1 aliphatic rings. The van der Waals surface area contributed by atoms with Gasteiger partial charge in [0.05, 0.1) is 6.04 Å². The van der Waals surface area contributed by atoms with Crippen molar-refractivity contribution < 1.29 is 38.1 Å². The minimum absolute atomic E-state index is 0.0361. The number of esters is 4. The number of ether oxygens (including phenoxy) is 4. The van der Waals surface area contributed by atoms with Crippen LogP contribution < -0.4 is 0 Å².